The molecule has 2 aromatic carbocycles. The molecule has 0 aliphatic carbocycles. The molecule has 0 atom stereocenters. The molecule has 9 heteroatoms. The van der Waals surface area contributed by atoms with Crippen LogP contribution in [0.5, 0.6) is 0 Å². The monoisotopic (exact) mass is 451 g/mol. The average Bonchev–Trinajstić information content (AvgIpc) is 2.70. The summed E-state index contributed by atoms with van der Waals surface area (Å²) in [7, 11) is 0. The van der Waals surface area contributed by atoms with Crippen molar-refractivity contribution in [3.05, 3.63) is 70.2 Å². The molecule has 156 valence electrons. The molecule has 0 saturated heterocycles. The van der Waals surface area contributed by atoms with Gasteiger partial charge in [-0.05, 0) is 61.4 Å². The van der Waals surface area contributed by atoms with Gasteiger partial charge in [0.2, 0.25) is 5.91 Å². The molecule has 0 radical (unpaired) electrons. The van der Waals surface area contributed by atoms with Gasteiger partial charge in [0, 0.05) is 5.56 Å². The van der Waals surface area contributed by atoms with Crippen LogP contribution in [0.3, 0.4) is 0 Å². The lowest BCUT2D eigenvalue weighted by molar-refractivity contribution is -0.137. The second-order valence-corrected chi connectivity index (χ2v) is 7.99. The number of thioether (sulfide) groups is 1. The molecule has 0 fully saturated rings. The standard InChI is InChI=1S/C21H17ClF3N3OS/c1-12-3-4-14(9-13(12)2)17-7-8-20(28-27-17)30-11-19(29)26-18-10-15(21(23,24)25)5-6-16(18)22/h3-10H,11H2,1-2H3,(H,26,29). The van der Waals surface area contributed by atoms with Crippen molar-refractivity contribution in [1.82, 2.24) is 10.2 Å². The summed E-state index contributed by atoms with van der Waals surface area (Å²) in [5, 5.41) is 11.2. The van der Waals surface area contributed by atoms with Gasteiger partial charge in [-0.2, -0.15) is 13.2 Å². The number of rotatable bonds is 5. The van der Waals surface area contributed by atoms with Crippen molar-refractivity contribution in [2.75, 3.05) is 11.1 Å². The number of halogens is 4. The van der Waals surface area contributed by atoms with Crippen LogP contribution >= 0.6 is 23.4 Å². The largest absolute Gasteiger partial charge is 0.416 e. The van der Waals surface area contributed by atoms with Gasteiger partial charge in [0.05, 0.1) is 27.7 Å². The number of aryl methyl sites for hydroxylation is 2. The van der Waals surface area contributed by atoms with Crippen molar-refractivity contribution in [2.45, 2.75) is 25.0 Å². The topological polar surface area (TPSA) is 54.9 Å². The molecule has 3 aromatic rings. The molecule has 1 aromatic heterocycles. The number of hydrogen-bond acceptors (Lipinski definition) is 4. The van der Waals surface area contributed by atoms with E-state index in [1.807, 2.05) is 32.0 Å². The maximum atomic E-state index is 12.8. The third kappa shape index (κ3) is 5.52. The highest BCUT2D eigenvalue weighted by atomic mass is 35.5. The van der Waals surface area contributed by atoms with Gasteiger partial charge in [-0.25, -0.2) is 0 Å². The molecule has 30 heavy (non-hydrogen) atoms. The molecule has 0 aliphatic rings. The van der Waals surface area contributed by atoms with Gasteiger partial charge in [-0.1, -0.05) is 35.5 Å². The molecular formula is C21H17ClF3N3OS. The molecule has 1 N–H and O–H groups in total. The summed E-state index contributed by atoms with van der Waals surface area (Å²) in [6.07, 6.45) is -4.52. The van der Waals surface area contributed by atoms with E-state index in [0.717, 1.165) is 41.1 Å². The van der Waals surface area contributed by atoms with E-state index in [9.17, 15) is 18.0 Å². The van der Waals surface area contributed by atoms with Crippen LogP contribution in [0.25, 0.3) is 11.3 Å². The smallest absolute Gasteiger partial charge is 0.324 e. The lowest BCUT2D eigenvalue weighted by atomic mass is 10.0. The van der Waals surface area contributed by atoms with Crippen molar-refractivity contribution >= 4 is 35.0 Å². The number of nitrogens with zero attached hydrogens (tertiary/aromatic N) is 2. The Hall–Kier alpha value is -2.58. The minimum absolute atomic E-state index is 0.0267. The summed E-state index contributed by atoms with van der Waals surface area (Å²) in [6, 6.07) is 12.3. The fourth-order valence-electron chi connectivity index (χ4n) is 2.57. The van der Waals surface area contributed by atoms with Crippen LogP contribution < -0.4 is 5.32 Å². The van der Waals surface area contributed by atoms with E-state index in [2.05, 4.69) is 15.5 Å². The van der Waals surface area contributed by atoms with Crippen molar-refractivity contribution in [3.63, 3.8) is 0 Å². The molecule has 0 bridgehead atoms. The quantitative estimate of drug-likeness (QED) is 0.472. The summed E-state index contributed by atoms with van der Waals surface area (Å²) >= 11 is 7.01. The van der Waals surface area contributed by atoms with E-state index in [0.29, 0.717) is 10.7 Å². The predicted molar refractivity (Wildman–Crippen MR) is 113 cm³/mol. The van der Waals surface area contributed by atoms with Crippen LogP contribution in [0, 0.1) is 13.8 Å². The summed E-state index contributed by atoms with van der Waals surface area (Å²) in [4.78, 5) is 12.1. The zero-order valence-electron chi connectivity index (χ0n) is 16.0. The number of benzene rings is 2. The Balaban J connectivity index is 1.62. The lowest BCUT2D eigenvalue weighted by Crippen LogP contribution is -2.15. The molecule has 3 rings (SSSR count). The number of hydrogen-bond donors (Lipinski definition) is 1. The van der Waals surface area contributed by atoms with Crippen LogP contribution in [0.15, 0.2) is 53.6 Å². The van der Waals surface area contributed by atoms with Gasteiger partial charge in [0.25, 0.3) is 0 Å². The summed E-state index contributed by atoms with van der Waals surface area (Å²) in [5.74, 6) is -0.550. The Labute approximate surface area is 180 Å². The Morgan fingerprint density at radius 3 is 2.43 bits per heavy atom. The van der Waals surface area contributed by atoms with Gasteiger partial charge >= 0.3 is 6.18 Å². The third-order valence-electron chi connectivity index (χ3n) is 4.36. The third-order valence-corrected chi connectivity index (χ3v) is 5.61. The van der Waals surface area contributed by atoms with Crippen LogP contribution in [0.2, 0.25) is 5.02 Å². The maximum absolute atomic E-state index is 12.8. The second kappa shape index (κ2) is 9.06. The first-order chi connectivity index (χ1) is 14.1. The first-order valence-electron chi connectivity index (χ1n) is 8.84. The van der Waals surface area contributed by atoms with Crippen molar-refractivity contribution in [3.8, 4) is 11.3 Å². The Bertz CT molecular complexity index is 1070. The lowest BCUT2D eigenvalue weighted by Gasteiger charge is -2.11. The van der Waals surface area contributed by atoms with E-state index in [-0.39, 0.29) is 16.5 Å². The zero-order valence-corrected chi connectivity index (χ0v) is 17.6. The fourth-order valence-corrected chi connectivity index (χ4v) is 3.35. The van der Waals surface area contributed by atoms with Gasteiger partial charge in [-0.3, -0.25) is 4.79 Å². The maximum Gasteiger partial charge on any atom is 0.416 e. The second-order valence-electron chi connectivity index (χ2n) is 6.59. The number of anilines is 1. The Kier molecular flexibility index (Phi) is 6.67. The van der Waals surface area contributed by atoms with Crippen molar-refractivity contribution in [1.29, 1.82) is 0 Å². The first kappa shape index (κ1) is 22.1. The van der Waals surface area contributed by atoms with Crippen LogP contribution in [0.4, 0.5) is 18.9 Å². The molecule has 4 nitrogen and oxygen atoms in total. The highest BCUT2D eigenvalue weighted by molar-refractivity contribution is 7.99. The number of nitrogens with one attached hydrogen (secondary N) is 1. The molecule has 0 saturated carbocycles. The van der Waals surface area contributed by atoms with E-state index in [1.165, 1.54) is 5.56 Å². The van der Waals surface area contributed by atoms with Gasteiger partial charge in [0.15, 0.2) is 0 Å². The normalized spacial score (nSPS) is 11.4. The summed E-state index contributed by atoms with van der Waals surface area (Å²) in [6.45, 7) is 4.05. The predicted octanol–water partition coefficient (Wildman–Crippen LogP) is 6.16. The molecule has 0 aliphatic heterocycles. The number of aromatic nitrogens is 2. The van der Waals surface area contributed by atoms with E-state index in [4.69, 9.17) is 11.6 Å². The van der Waals surface area contributed by atoms with Crippen LogP contribution in [-0.2, 0) is 11.0 Å². The van der Waals surface area contributed by atoms with Gasteiger partial charge in [0.1, 0.15) is 5.03 Å². The van der Waals surface area contributed by atoms with Crippen molar-refractivity contribution in [2.24, 2.45) is 0 Å². The Morgan fingerprint density at radius 1 is 1.03 bits per heavy atom. The number of carbonyl (C=O) groups excluding carboxylic acids is 1. The van der Waals surface area contributed by atoms with Crippen LogP contribution in [-0.4, -0.2) is 21.9 Å². The van der Waals surface area contributed by atoms with E-state index in [1.54, 1.807) is 12.1 Å². The fraction of sp³-hybridized carbons (Fsp3) is 0.190. The molecule has 0 spiro atoms. The molecule has 1 heterocycles. The van der Waals surface area contributed by atoms with Crippen LogP contribution in [0.1, 0.15) is 16.7 Å². The molecule has 1 amide bonds. The van der Waals surface area contributed by atoms with Crippen molar-refractivity contribution < 1.29 is 18.0 Å². The average molecular weight is 452 g/mol. The molecular weight excluding hydrogens is 435 g/mol. The van der Waals surface area contributed by atoms with E-state index < -0.39 is 17.6 Å². The number of carbonyl (C=O) groups is 1. The summed E-state index contributed by atoms with van der Waals surface area (Å²) in [5.41, 5.74) is 3.01. The Morgan fingerprint density at radius 2 is 1.80 bits per heavy atom. The highest BCUT2D eigenvalue weighted by Crippen LogP contribution is 2.34. The number of amides is 1. The zero-order chi connectivity index (χ0) is 21.9. The minimum atomic E-state index is -4.52. The van der Waals surface area contributed by atoms with E-state index >= 15 is 0 Å². The number of alkyl halides is 3. The minimum Gasteiger partial charge on any atom is -0.324 e. The first-order valence-corrected chi connectivity index (χ1v) is 10.2. The van der Waals surface area contributed by atoms with Gasteiger partial charge in [-0.15, -0.1) is 10.2 Å². The molecule has 0 unspecified atom stereocenters. The highest BCUT2D eigenvalue weighted by Gasteiger charge is 2.31. The van der Waals surface area contributed by atoms with Gasteiger partial charge < -0.3 is 5.32 Å². The summed E-state index contributed by atoms with van der Waals surface area (Å²) < 4.78 is 38.5. The SMILES string of the molecule is Cc1ccc(-c2ccc(SCC(=O)Nc3cc(C(F)(F)F)ccc3Cl)nn2)cc1C.